The number of para-hydroxylation sites is 1. The molecule has 3 rings (SSSR count). The average molecular weight is 396 g/mol. The molecule has 1 amide bonds. The van der Waals surface area contributed by atoms with E-state index in [2.05, 4.69) is 16.6 Å². The zero-order chi connectivity index (χ0) is 20.8. The van der Waals surface area contributed by atoms with Crippen LogP contribution in [0.2, 0.25) is 0 Å². The van der Waals surface area contributed by atoms with Crippen LogP contribution in [0.4, 0.5) is 5.69 Å². The zero-order valence-electron chi connectivity index (χ0n) is 16.3. The number of hydrogen-bond acceptors (Lipinski definition) is 7. The third kappa shape index (κ3) is 4.48. The Hall–Kier alpha value is -3.55. The highest BCUT2D eigenvalue weighted by atomic mass is 16.5. The molecule has 0 bridgehead atoms. The number of aryl methyl sites for hydroxylation is 1. The highest BCUT2D eigenvalue weighted by Crippen LogP contribution is 2.32. The van der Waals surface area contributed by atoms with Crippen molar-refractivity contribution in [1.82, 2.24) is 5.43 Å². The largest absolute Gasteiger partial charge is 0.545 e. The monoisotopic (exact) mass is 396 g/mol. The van der Waals surface area contributed by atoms with E-state index in [0.717, 1.165) is 25.1 Å². The first-order chi connectivity index (χ1) is 14.0. The Balaban J connectivity index is 1.71. The summed E-state index contributed by atoms with van der Waals surface area (Å²) in [7, 11) is 2.74. The first kappa shape index (κ1) is 20.2. The lowest BCUT2D eigenvalue weighted by Crippen LogP contribution is -2.38. The predicted molar refractivity (Wildman–Crippen MR) is 107 cm³/mol. The van der Waals surface area contributed by atoms with Gasteiger partial charge in [-0.05, 0) is 36.6 Å². The van der Waals surface area contributed by atoms with Gasteiger partial charge in [0.05, 0.1) is 38.5 Å². The first-order valence-corrected chi connectivity index (χ1v) is 9.16. The summed E-state index contributed by atoms with van der Waals surface area (Å²) in [6.07, 6.45) is 3.22. The van der Waals surface area contributed by atoms with Crippen molar-refractivity contribution >= 4 is 23.8 Å². The minimum absolute atomic E-state index is 0.0349. The van der Waals surface area contributed by atoms with Crippen LogP contribution in [-0.2, 0) is 11.2 Å². The smallest absolute Gasteiger partial charge is 0.259 e. The fraction of sp³-hybridized carbons (Fsp3) is 0.286. The fourth-order valence-electron chi connectivity index (χ4n) is 3.42. The van der Waals surface area contributed by atoms with Crippen molar-refractivity contribution < 1.29 is 24.2 Å². The van der Waals surface area contributed by atoms with Crippen LogP contribution in [0.15, 0.2) is 41.5 Å². The van der Waals surface area contributed by atoms with Gasteiger partial charge in [-0.2, -0.15) is 5.10 Å². The Kier molecular flexibility index (Phi) is 6.33. The van der Waals surface area contributed by atoms with E-state index in [4.69, 9.17) is 9.47 Å². The lowest BCUT2D eigenvalue weighted by Gasteiger charge is -2.30. The van der Waals surface area contributed by atoms with Crippen LogP contribution >= 0.6 is 0 Å². The number of hydrogen-bond donors (Lipinski definition) is 1. The van der Waals surface area contributed by atoms with Gasteiger partial charge in [-0.25, -0.2) is 5.43 Å². The number of nitrogens with one attached hydrogen (secondary N) is 1. The molecule has 152 valence electrons. The second kappa shape index (κ2) is 9.09. The number of nitrogens with zero attached hydrogens (tertiary/aromatic N) is 2. The molecule has 29 heavy (non-hydrogen) atoms. The van der Waals surface area contributed by atoms with Gasteiger partial charge in [-0.3, -0.25) is 4.79 Å². The lowest BCUT2D eigenvalue weighted by molar-refractivity contribution is -0.255. The predicted octanol–water partition coefficient (Wildman–Crippen LogP) is 0.970. The lowest BCUT2D eigenvalue weighted by atomic mass is 10.0. The van der Waals surface area contributed by atoms with Crippen molar-refractivity contribution in [1.29, 1.82) is 0 Å². The Morgan fingerprint density at radius 2 is 2.00 bits per heavy atom. The van der Waals surface area contributed by atoms with Gasteiger partial charge >= 0.3 is 0 Å². The normalized spacial score (nSPS) is 13.1. The molecule has 0 saturated carbocycles. The van der Waals surface area contributed by atoms with Crippen LogP contribution in [0.1, 0.15) is 27.9 Å². The van der Waals surface area contributed by atoms with E-state index in [1.807, 2.05) is 23.1 Å². The molecule has 0 unspecified atom stereocenters. The van der Waals surface area contributed by atoms with Crippen LogP contribution < -0.4 is 24.9 Å². The number of carboxylic acids is 1. The molecule has 0 aromatic heterocycles. The summed E-state index contributed by atoms with van der Waals surface area (Å²) in [5, 5.41) is 15.4. The van der Waals surface area contributed by atoms with E-state index in [1.54, 1.807) is 6.07 Å². The van der Waals surface area contributed by atoms with Crippen LogP contribution in [0.5, 0.6) is 11.5 Å². The number of rotatable bonds is 7. The summed E-state index contributed by atoms with van der Waals surface area (Å²) in [5.41, 5.74) is 4.75. The molecule has 0 saturated heterocycles. The maximum absolute atomic E-state index is 12.3. The number of aromatic carboxylic acids is 1. The molecule has 0 radical (unpaired) electrons. The van der Waals surface area contributed by atoms with Crippen LogP contribution in [0.25, 0.3) is 0 Å². The maximum atomic E-state index is 12.3. The number of fused-ring (bicyclic) bond motifs is 1. The summed E-state index contributed by atoms with van der Waals surface area (Å²) in [4.78, 5) is 25.9. The van der Waals surface area contributed by atoms with Gasteiger partial charge in [0.25, 0.3) is 5.91 Å². The molecule has 1 aliphatic rings. The Morgan fingerprint density at radius 3 is 2.72 bits per heavy atom. The van der Waals surface area contributed by atoms with Gasteiger partial charge in [0.1, 0.15) is 0 Å². The molecular formula is C21H22N3O5-. The van der Waals surface area contributed by atoms with Crippen LogP contribution in [0, 0.1) is 0 Å². The van der Waals surface area contributed by atoms with E-state index in [0.29, 0.717) is 0 Å². The highest BCUT2D eigenvalue weighted by Gasteiger charge is 2.18. The third-order valence-electron chi connectivity index (χ3n) is 4.72. The van der Waals surface area contributed by atoms with Crippen molar-refractivity contribution in [2.45, 2.75) is 12.8 Å². The quantitative estimate of drug-likeness (QED) is 0.553. The van der Waals surface area contributed by atoms with E-state index < -0.39 is 5.97 Å². The number of ether oxygens (including phenoxy) is 2. The van der Waals surface area contributed by atoms with E-state index in [-0.39, 0.29) is 35.1 Å². The number of carboxylic acid groups (broad SMARTS) is 1. The Morgan fingerprint density at radius 1 is 1.21 bits per heavy atom. The van der Waals surface area contributed by atoms with Crippen molar-refractivity contribution in [2.75, 3.05) is 32.2 Å². The summed E-state index contributed by atoms with van der Waals surface area (Å²) in [5.74, 6) is -1.43. The van der Waals surface area contributed by atoms with E-state index in [9.17, 15) is 14.7 Å². The molecule has 0 aliphatic carbocycles. The molecule has 0 spiro atoms. The molecule has 8 nitrogen and oxygen atoms in total. The van der Waals surface area contributed by atoms with Crippen molar-refractivity contribution in [3.63, 3.8) is 0 Å². The standard InChI is InChI=1S/C21H23N3O5/c1-28-17-10-9-15(19(21(26)27)20(17)29-2)12-22-23-18(25)13-24-11-5-7-14-6-3-4-8-16(14)24/h3-4,6,8-10,12H,5,7,11,13H2,1-2H3,(H,23,25)(H,26,27)/p-1/b22-12-. The molecular weight excluding hydrogens is 374 g/mol. The summed E-state index contributed by atoms with van der Waals surface area (Å²) in [6, 6.07) is 11.1. The van der Waals surface area contributed by atoms with Crippen molar-refractivity contribution in [3.8, 4) is 11.5 Å². The van der Waals surface area contributed by atoms with Gasteiger partial charge in [-0.15, -0.1) is 0 Å². The van der Waals surface area contributed by atoms with E-state index in [1.165, 1.54) is 32.1 Å². The average Bonchev–Trinajstić information content (AvgIpc) is 2.73. The molecule has 2 aromatic carbocycles. The number of amides is 1. The fourth-order valence-corrected chi connectivity index (χ4v) is 3.42. The van der Waals surface area contributed by atoms with Gasteiger partial charge in [0.2, 0.25) is 0 Å². The van der Waals surface area contributed by atoms with Crippen molar-refractivity contribution in [2.24, 2.45) is 5.10 Å². The van der Waals surface area contributed by atoms with Crippen LogP contribution in [-0.4, -0.2) is 45.4 Å². The highest BCUT2D eigenvalue weighted by molar-refractivity contribution is 6.01. The number of methoxy groups -OCH3 is 2. The zero-order valence-corrected chi connectivity index (χ0v) is 16.3. The Labute approximate surface area is 168 Å². The number of carbonyl (C=O) groups is 2. The molecule has 0 atom stereocenters. The second-order valence-electron chi connectivity index (χ2n) is 6.50. The molecule has 0 fully saturated rings. The SMILES string of the molecule is COc1ccc(/C=N\NC(=O)CN2CCCc3ccccc32)c(C(=O)[O-])c1OC. The molecule has 8 heteroatoms. The van der Waals surface area contributed by atoms with E-state index >= 15 is 0 Å². The maximum Gasteiger partial charge on any atom is 0.259 e. The summed E-state index contributed by atoms with van der Waals surface area (Å²) >= 11 is 0. The topological polar surface area (TPSA) is 103 Å². The first-order valence-electron chi connectivity index (χ1n) is 9.16. The third-order valence-corrected chi connectivity index (χ3v) is 4.72. The number of benzene rings is 2. The molecule has 2 aromatic rings. The summed E-state index contributed by atoms with van der Waals surface area (Å²) in [6.45, 7) is 0.951. The summed E-state index contributed by atoms with van der Waals surface area (Å²) < 4.78 is 10.2. The van der Waals surface area contributed by atoms with Crippen LogP contribution in [0.3, 0.4) is 0 Å². The Bertz CT molecular complexity index is 942. The van der Waals surface area contributed by atoms with Gasteiger partial charge < -0.3 is 24.3 Å². The van der Waals surface area contributed by atoms with Gasteiger partial charge in [0, 0.05) is 17.8 Å². The number of hydrazone groups is 1. The van der Waals surface area contributed by atoms with Gasteiger partial charge in [-0.1, -0.05) is 18.2 Å². The molecule has 1 heterocycles. The molecule has 1 N–H and O–H groups in total. The number of carbonyl (C=O) groups excluding carboxylic acids is 2. The second-order valence-corrected chi connectivity index (χ2v) is 6.50. The molecule has 1 aliphatic heterocycles. The number of anilines is 1. The minimum atomic E-state index is -1.43. The minimum Gasteiger partial charge on any atom is -0.545 e. The van der Waals surface area contributed by atoms with Crippen molar-refractivity contribution in [3.05, 3.63) is 53.1 Å². The van der Waals surface area contributed by atoms with Gasteiger partial charge in [0.15, 0.2) is 11.5 Å².